The normalized spacial score (nSPS) is 28.2. The van der Waals surface area contributed by atoms with E-state index in [1.165, 1.54) is 18.7 Å². The Morgan fingerprint density at radius 1 is 1.06 bits per heavy atom. The van der Waals surface area contributed by atoms with Crippen molar-refractivity contribution in [2.24, 2.45) is 0 Å². The summed E-state index contributed by atoms with van der Waals surface area (Å²) in [6.07, 6.45) is 0. The second-order valence-corrected chi connectivity index (χ2v) is 5.08. The molecule has 1 aromatic rings. The summed E-state index contributed by atoms with van der Waals surface area (Å²) in [6.45, 7) is 8.09. The SMILES string of the molecule is CC1CN(C)CC(C)N1Cc1ccccc1. The molecule has 0 aliphatic carbocycles. The highest BCUT2D eigenvalue weighted by Gasteiger charge is 2.27. The molecular weight excluding hydrogens is 196 g/mol. The Bertz CT molecular complexity index is 311. The number of rotatable bonds is 2. The Hall–Kier alpha value is -0.860. The first-order valence-corrected chi connectivity index (χ1v) is 6.15. The first-order chi connectivity index (χ1) is 7.66. The third-order valence-corrected chi connectivity index (χ3v) is 3.49. The van der Waals surface area contributed by atoms with Crippen LogP contribution in [0.1, 0.15) is 19.4 Å². The molecule has 0 spiro atoms. The molecule has 0 saturated carbocycles. The number of hydrogen-bond donors (Lipinski definition) is 0. The van der Waals surface area contributed by atoms with Crippen LogP contribution in [0.25, 0.3) is 0 Å². The summed E-state index contributed by atoms with van der Waals surface area (Å²) >= 11 is 0. The van der Waals surface area contributed by atoms with Gasteiger partial charge in [0.1, 0.15) is 0 Å². The Morgan fingerprint density at radius 2 is 1.62 bits per heavy atom. The molecule has 0 bridgehead atoms. The van der Waals surface area contributed by atoms with Crippen molar-refractivity contribution in [1.82, 2.24) is 9.80 Å². The minimum atomic E-state index is 0.647. The molecule has 0 aromatic heterocycles. The van der Waals surface area contributed by atoms with Crippen LogP contribution in [0.15, 0.2) is 30.3 Å². The smallest absolute Gasteiger partial charge is 0.0240 e. The van der Waals surface area contributed by atoms with Gasteiger partial charge in [-0.2, -0.15) is 0 Å². The van der Waals surface area contributed by atoms with Crippen LogP contribution in [0.5, 0.6) is 0 Å². The molecule has 1 heterocycles. The van der Waals surface area contributed by atoms with Crippen LogP contribution in [-0.4, -0.2) is 42.0 Å². The highest BCUT2D eigenvalue weighted by Crippen LogP contribution is 2.17. The van der Waals surface area contributed by atoms with Crippen molar-refractivity contribution >= 4 is 0 Å². The zero-order valence-electron chi connectivity index (χ0n) is 10.6. The molecule has 2 atom stereocenters. The van der Waals surface area contributed by atoms with E-state index in [4.69, 9.17) is 0 Å². The van der Waals surface area contributed by atoms with Gasteiger partial charge in [0.25, 0.3) is 0 Å². The molecule has 88 valence electrons. The predicted octanol–water partition coefficient (Wildman–Crippen LogP) is 2.21. The summed E-state index contributed by atoms with van der Waals surface area (Å²) in [5, 5.41) is 0. The molecule has 1 aliphatic heterocycles. The topological polar surface area (TPSA) is 6.48 Å². The van der Waals surface area contributed by atoms with Gasteiger partial charge in [0.15, 0.2) is 0 Å². The molecular formula is C14H22N2. The molecule has 1 aliphatic rings. The number of nitrogens with zero attached hydrogens (tertiary/aromatic N) is 2. The van der Waals surface area contributed by atoms with Crippen LogP contribution in [0.4, 0.5) is 0 Å². The number of benzene rings is 1. The van der Waals surface area contributed by atoms with Gasteiger partial charge in [0.2, 0.25) is 0 Å². The van der Waals surface area contributed by atoms with Gasteiger partial charge < -0.3 is 4.90 Å². The van der Waals surface area contributed by atoms with Crippen molar-refractivity contribution in [1.29, 1.82) is 0 Å². The van der Waals surface area contributed by atoms with E-state index < -0.39 is 0 Å². The largest absolute Gasteiger partial charge is 0.303 e. The zero-order chi connectivity index (χ0) is 11.5. The van der Waals surface area contributed by atoms with Crippen molar-refractivity contribution in [2.75, 3.05) is 20.1 Å². The standard InChI is InChI=1S/C14H22N2/c1-12-9-15(3)10-13(2)16(12)11-14-7-5-4-6-8-14/h4-8,12-13H,9-11H2,1-3H3. The molecule has 2 rings (SSSR count). The average Bonchev–Trinajstić information content (AvgIpc) is 2.25. The molecule has 0 amide bonds. The van der Waals surface area contributed by atoms with Gasteiger partial charge in [0, 0.05) is 31.7 Å². The molecule has 2 unspecified atom stereocenters. The maximum Gasteiger partial charge on any atom is 0.0240 e. The summed E-state index contributed by atoms with van der Waals surface area (Å²) in [5.74, 6) is 0. The molecule has 1 aromatic carbocycles. The fourth-order valence-corrected chi connectivity index (χ4v) is 2.73. The number of piperazine rings is 1. The van der Waals surface area contributed by atoms with Crippen LogP contribution >= 0.6 is 0 Å². The van der Waals surface area contributed by atoms with E-state index in [1.807, 2.05) is 0 Å². The van der Waals surface area contributed by atoms with Crippen LogP contribution in [0.2, 0.25) is 0 Å². The summed E-state index contributed by atoms with van der Waals surface area (Å²) < 4.78 is 0. The monoisotopic (exact) mass is 218 g/mol. The van der Waals surface area contributed by atoms with E-state index in [1.54, 1.807) is 0 Å². The van der Waals surface area contributed by atoms with Gasteiger partial charge in [-0.25, -0.2) is 0 Å². The highest BCUT2D eigenvalue weighted by atomic mass is 15.3. The fraction of sp³-hybridized carbons (Fsp3) is 0.571. The van der Waals surface area contributed by atoms with Crippen LogP contribution in [0.3, 0.4) is 0 Å². The van der Waals surface area contributed by atoms with E-state index in [0.717, 1.165) is 6.54 Å². The van der Waals surface area contributed by atoms with Crippen molar-refractivity contribution in [3.05, 3.63) is 35.9 Å². The lowest BCUT2D eigenvalue weighted by Crippen LogP contribution is -2.54. The van der Waals surface area contributed by atoms with E-state index >= 15 is 0 Å². The van der Waals surface area contributed by atoms with Crippen molar-refractivity contribution < 1.29 is 0 Å². The van der Waals surface area contributed by atoms with E-state index in [9.17, 15) is 0 Å². The van der Waals surface area contributed by atoms with Crippen molar-refractivity contribution in [2.45, 2.75) is 32.5 Å². The van der Waals surface area contributed by atoms with Crippen LogP contribution in [0, 0.1) is 0 Å². The van der Waals surface area contributed by atoms with Crippen LogP contribution in [-0.2, 0) is 6.54 Å². The van der Waals surface area contributed by atoms with Gasteiger partial charge in [-0.3, -0.25) is 4.90 Å². The van der Waals surface area contributed by atoms with Gasteiger partial charge in [-0.05, 0) is 26.5 Å². The maximum atomic E-state index is 2.61. The minimum Gasteiger partial charge on any atom is -0.303 e. The van der Waals surface area contributed by atoms with Crippen molar-refractivity contribution in [3.63, 3.8) is 0 Å². The average molecular weight is 218 g/mol. The lowest BCUT2D eigenvalue weighted by molar-refractivity contribution is 0.0458. The minimum absolute atomic E-state index is 0.647. The first kappa shape index (κ1) is 11.6. The summed E-state index contributed by atoms with van der Waals surface area (Å²) in [6, 6.07) is 12.1. The number of likely N-dealkylation sites (N-methyl/N-ethyl adjacent to an activating group) is 1. The predicted molar refractivity (Wildman–Crippen MR) is 68.4 cm³/mol. The first-order valence-electron chi connectivity index (χ1n) is 6.15. The summed E-state index contributed by atoms with van der Waals surface area (Å²) in [4.78, 5) is 5.03. The third-order valence-electron chi connectivity index (χ3n) is 3.49. The molecule has 2 heteroatoms. The Kier molecular flexibility index (Phi) is 3.62. The molecule has 2 nitrogen and oxygen atoms in total. The quantitative estimate of drug-likeness (QED) is 0.751. The lowest BCUT2D eigenvalue weighted by atomic mass is 10.1. The van der Waals surface area contributed by atoms with Gasteiger partial charge in [-0.1, -0.05) is 30.3 Å². The van der Waals surface area contributed by atoms with Crippen LogP contribution < -0.4 is 0 Å². The Balaban J connectivity index is 2.03. The maximum absolute atomic E-state index is 2.61. The Morgan fingerprint density at radius 3 is 2.19 bits per heavy atom. The second kappa shape index (κ2) is 4.98. The molecule has 0 radical (unpaired) electrons. The highest BCUT2D eigenvalue weighted by molar-refractivity contribution is 5.15. The van der Waals surface area contributed by atoms with Gasteiger partial charge in [-0.15, -0.1) is 0 Å². The molecule has 0 N–H and O–H groups in total. The van der Waals surface area contributed by atoms with Gasteiger partial charge >= 0.3 is 0 Å². The van der Waals surface area contributed by atoms with E-state index in [-0.39, 0.29) is 0 Å². The lowest BCUT2D eigenvalue weighted by Gasteiger charge is -2.43. The van der Waals surface area contributed by atoms with Crippen molar-refractivity contribution in [3.8, 4) is 0 Å². The number of hydrogen-bond acceptors (Lipinski definition) is 2. The third kappa shape index (κ3) is 2.63. The zero-order valence-corrected chi connectivity index (χ0v) is 10.6. The molecule has 1 fully saturated rings. The summed E-state index contributed by atoms with van der Waals surface area (Å²) in [5.41, 5.74) is 1.42. The van der Waals surface area contributed by atoms with E-state index in [2.05, 4.69) is 61.0 Å². The molecule has 16 heavy (non-hydrogen) atoms. The Labute approximate surface area is 98.9 Å². The second-order valence-electron chi connectivity index (χ2n) is 5.08. The fourth-order valence-electron chi connectivity index (χ4n) is 2.73. The summed E-state index contributed by atoms with van der Waals surface area (Å²) in [7, 11) is 2.22. The van der Waals surface area contributed by atoms with E-state index in [0.29, 0.717) is 12.1 Å². The van der Waals surface area contributed by atoms with Gasteiger partial charge in [0.05, 0.1) is 0 Å². The molecule has 1 saturated heterocycles.